The van der Waals surface area contributed by atoms with Crippen molar-refractivity contribution in [1.29, 1.82) is 0 Å². The van der Waals surface area contributed by atoms with Gasteiger partial charge in [-0.15, -0.1) is 0 Å². The van der Waals surface area contributed by atoms with E-state index in [9.17, 15) is 14.7 Å². The summed E-state index contributed by atoms with van der Waals surface area (Å²) in [4.78, 5) is 25.2. The quantitative estimate of drug-likeness (QED) is 0.874. The van der Waals surface area contributed by atoms with Crippen LogP contribution in [0.25, 0.3) is 0 Å². The molecule has 0 fully saturated rings. The van der Waals surface area contributed by atoms with Crippen molar-refractivity contribution in [2.24, 2.45) is 11.7 Å². The van der Waals surface area contributed by atoms with Crippen LogP contribution < -0.4 is 10.6 Å². The average Bonchev–Trinajstić information content (AvgIpc) is 2.76. The maximum atomic E-state index is 12.4. The van der Waals surface area contributed by atoms with Gasteiger partial charge >= 0.3 is 5.97 Å². The van der Waals surface area contributed by atoms with Crippen LogP contribution in [-0.4, -0.2) is 29.6 Å². The van der Waals surface area contributed by atoms with Crippen LogP contribution in [0.4, 0.5) is 5.69 Å². The highest BCUT2D eigenvalue weighted by atomic mass is 16.4. The molecule has 0 aliphatic carbocycles. The number of amides is 1. The Morgan fingerprint density at radius 2 is 2.05 bits per heavy atom. The summed E-state index contributed by atoms with van der Waals surface area (Å²) in [7, 11) is 0. The number of carbonyl (C=O) groups excluding carboxylic acids is 1. The van der Waals surface area contributed by atoms with Crippen molar-refractivity contribution in [2.75, 3.05) is 11.4 Å². The van der Waals surface area contributed by atoms with Crippen molar-refractivity contribution in [3.8, 4) is 0 Å². The average molecular weight is 276 g/mol. The van der Waals surface area contributed by atoms with E-state index in [1.165, 1.54) is 4.90 Å². The molecule has 0 radical (unpaired) electrons. The fourth-order valence-electron chi connectivity index (χ4n) is 2.64. The van der Waals surface area contributed by atoms with Crippen molar-refractivity contribution in [3.63, 3.8) is 0 Å². The van der Waals surface area contributed by atoms with Crippen LogP contribution in [0.1, 0.15) is 31.7 Å². The van der Waals surface area contributed by atoms with Gasteiger partial charge in [-0.05, 0) is 24.0 Å². The van der Waals surface area contributed by atoms with Crippen molar-refractivity contribution in [2.45, 2.75) is 32.2 Å². The minimum Gasteiger partial charge on any atom is -0.481 e. The number of carbonyl (C=O) groups is 2. The highest BCUT2D eigenvalue weighted by molar-refractivity contribution is 6.01. The normalized spacial score (nSPS) is 19.0. The summed E-state index contributed by atoms with van der Waals surface area (Å²) in [5.41, 5.74) is 7.29. The van der Waals surface area contributed by atoms with E-state index in [1.807, 2.05) is 13.8 Å². The number of hydrogen-bond donors (Lipinski definition) is 2. The Labute approximate surface area is 118 Å². The second kappa shape index (κ2) is 5.63. The zero-order chi connectivity index (χ0) is 14.9. The van der Waals surface area contributed by atoms with E-state index in [0.29, 0.717) is 23.6 Å². The Morgan fingerprint density at radius 1 is 1.40 bits per heavy atom. The third-order valence-corrected chi connectivity index (χ3v) is 3.57. The fraction of sp³-hybridized carbons (Fsp3) is 0.467. The Bertz CT molecular complexity index is 528. The molecule has 0 saturated heterocycles. The molecule has 1 amide bonds. The first-order valence-electron chi connectivity index (χ1n) is 6.80. The number of fused-ring (bicyclic) bond motifs is 1. The van der Waals surface area contributed by atoms with E-state index in [-0.39, 0.29) is 12.5 Å². The lowest BCUT2D eigenvalue weighted by molar-refractivity contribution is -0.138. The Morgan fingerprint density at radius 3 is 2.65 bits per heavy atom. The topological polar surface area (TPSA) is 83.6 Å². The maximum absolute atomic E-state index is 12.4. The van der Waals surface area contributed by atoms with Gasteiger partial charge in [-0.1, -0.05) is 32.0 Å². The zero-order valence-electron chi connectivity index (χ0n) is 11.7. The number of carboxylic acids is 1. The summed E-state index contributed by atoms with van der Waals surface area (Å²) in [5, 5.41) is 9.27. The lowest BCUT2D eigenvalue weighted by atomic mass is 10.0. The molecule has 1 heterocycles. The maximum Gasteiger partial charge on any atom is 0.312 e. The molecule has 2 unspecified atom stereocenters. The molecule has 0 bridgehead atoms. The third kappa shape index (κ3) is 2.67. The molecule has 5 heteroatoms. The SMILES string of the molecule is CC(C)CC(N)C(=O)N1CC(C(=O)O)c2ccccc21. The second-order valence-corrected chi connectivity index (χ2v) is 5.63. The van der Waals surface area contributed by atoms with Crippen LogP contribution in [0.3, 0.4) is 0 Å². The summed E-state index contributed by atoms with van der Waals surface area (Å²) >= 11 is 0. The largest absolute Gasteiger partial charge is 0.481 e. The van der Waals surface area contributed by atoms with E-state index in [2.05, 4.69) is 0 Å². The summed E-state index contributed by atoms with van der Waals surface area (Å²) in [6, 6.07) is 6.54. The number of nitrogens with two attached hydrogens (primary N) is 1. The highest BCUT2D eigenvalue weighted by Gasteiger charge is 2.37. The smallest absolute Gasteiger partial charge is 0.312 e. The Kier molecular flexibility index (Phi) is 4.09. The molecule has 0 spiro atoms. The predicted octanol–water partition coefficient (Wildman–Crippen LogP) is 1.57. The van der Waals surface area contributed by atoms with Crippen LogP contribution in [0.2, 0.25) is 0 Å². The summed E-state index contributed by atoms with van der Waals surface area (Å²) in [6.07, 6.45) is 0.592. The van der Waals surface area contributed by atoms with Crippen LogP contribution >= 0.6 is 0 Å². The van der Waals surface area contributed by atoms with E-state index in [1.54, 1.807) is 24.3 Å². The second-order valence-electron chi connectivity index (χ2n) is 5.63. The molecule has 1 aromatic rings. The van der Waals surface area contributed by atoms with Gasteiger partial charge in [0.15, 0.2) is 0 Å². The lowest BCUT2D eigenvalue weighted by Gasteiger charge is -2.22. The van der Waals surface area contributed by atoms with E-state index in [0.717, 1.165) is 0 Å². The highest BCUT2D eigenvalue weighted by Crippen LogP contribution is 2.36. The summed E-state index contributed by atoms with van der Waals surface area (Å²) in [5.74, 6) is -1.46. The monoisotopic (exact) mass is 276 g/mol. The minimum atomic E-state index is -0.912. The van der Waals surface area contributed by atoms with Gasteiger partial charge in [0.25, 0.3) is 0 Å². The van der Waals surface area contributed by atoms with Crippen LogP contribution in [0.5, 0.6) is 0 Å². The van der Waals surface area contributed by atoms with Crippen molar-refractivity contribution >= 4 is 17.6 Å². The van der Waals surface area contributed by atoms with Gasteiger partial charge in [0.2, 0.25) is 5.91 Å². The van der Waals surface area contributed by atoms with Gasteiger partial charge < -0.3 is 15.7 Å². The van der Waals surface area contributed by atoms with Gasteiger partial charge in [0.1, 0.15) is 5.92 Å². The summed E-state index contributed by atoms with van der Waals surface area (Å²) < 4.78 is 0. The van der Waals surface area contributed by atoms with E-state index in [4.69, 9.17) is 5.73 Å². The van der Waals surface area contributed by atoms with Crippen molar-refractivity contribution < 1.29 is 14.7 Å². The molecule has 1 aliphatic rings. The third-order valence-electron chi connectivity index (χ3n) is 3.57. The Balaban J connectivity index is 2.26. The van der Waals surface area contributed by atoms with Gasteiger partial charge in [-0.25, -0.2) is 0 Å². The molecule has 0 saturated carbocycles. The number of aliphatic carboxylic acids is 1. The minimum absolute atomic E-state index is 0.166. The van der Waals surface area contributed by atoms with Gasteiger partial charge in [0, 0.05) is 12.2 Å². The number of carboxylic acid groups (broad SMARTS) is 1. The Hall–Kier alpha value is -1.88. The molecule has 2 rings (SSSR count). The molecule has 1 aliphatic heterocycles. The number of anilines is 1. The van der Waals surface area contributed by atoms with Crippen LogP contribution in [0.15, 0.2) is 24.3 Å². The lowest BCUT2D eigenvalue weighted by Crippen LogP contribution is -2.44. The fourth-order valence-corrected chi connectivity index (χ4v) is 2.64. The summed E-state index contributed by atoms with van der Waals surface area (Å²) in [6.45, 7) is 4.18. The van der Waals surface area contributed by atoms with Crippen LogP contribution in [-0.2, 0) is 9.59 Å². The number of nitrogens with zero attached hydrogens (tertiary/aromatic N) is 1. The van der Waals surface area contributed by atoms with Crippen molar-refractivity contribution in [1.82, 2.24) is 0 Å². The van der Waals surface area contributed by atoms with E-state index >= 15 is 0 Å². The van der Waals surface area contributed by atoms with E-state index < -0.39 is 17.9 Å². The molecule has 0 aromatic heterocycles. The van der Waals surface area contributed by atoms with Crippen molar-refractivity contribution in [3.05, 3.63) is 29.8 Å². The molecular weight excluding hydrogens is 256 g/mol. The number of hydrogen-bond acceptors (Lipinski definition) is 3. The van der Waals surface area contributed by atoms with Gasteiger partial charge in [0.05, 0.1) is 6.04 Å². The molecule has 108 valence electrons. The van der Waals surface area contributed by atoms with Gasteiger partial charge in [-0.2, -0.15) is 0 Å². The number of para-hydroxylation sites is 1. The molecular formula is C15H20N2O3. The molecule has 20 heavy (non-hydrogen) atoms. The molecule has 3 N–H and O–H groups in total. The zero-order valence-corrected chi connectivity index (χ0v) is 11.7. The standard InChI is InChI=1S/C15H20N2O3/c1-9(2)7-12(16)14(18)17-8-11(15(19)20)10-5-3-4-6-13(10)17/h3-6,9,11-12H,7-8,16H2,1-2H3,(H,19,20). The first-order chi connectivity index (χ1) is 9.41. The molecule has 1 aromatic carbocycles. The van der Waals surface area contributed by atoms with Crippen LogP contribution in [0, 0.1) is 5.92 Å². The molecule has 2 atom stereocenters. The predicted molar refractivity (Wildman–Crippen MR) is 76.6 cm³/mol. The first kappa shape index (κ1) is 14.5. The first-order valence-corrected chi connectivity index (χ1v) is 6.80. The molecule has 5 nitrogen and oxygen atoms in total. The number of benzene rings is 1. The van der Waals surface area contributed by atoms with Gasteiger partial charge in [-0.3, -0.25) is 9.59 Å². The number of rotatable bonds is 4.